The van der Waals surface area contributed by atoms with Crippen molar-refractivity contribution in [2.75, 3.05) is 11.9 Å². The van der Waals surface area contributed by atoms with Crippen LogP contribution in [0, 0.1) is 11.3 Å². The minimum Gasteiger partial charge on any atom is -0.481 e. The first kappa shape index (κ1) is 13.5. The Morgan fingerprint density at radius 3 is 2.82 bits per heavy atom. The number of anilines is 1. The van der Waals surface area contributed by atoms with Crippen molar-refractivity contribution in [2.24, 2.45) is 0 Å². The zero-order chi connectivity index (χ0) is 12.8. The fraction of sp³-hybridized carbons (Fsp3) is 0.273. The average molecular weight is 299 g/mol. The van der Waals surface area contributed by atoms with Crippen LogP contribution in [-0.2, 0) is 4.79 Å². The van der Waals surface area contributed by atoms with Crippen LogP contribution in [0.1, 0.15) is 12.0 Å². The molecule has 0 aliphatic heterocycles. The molecule has 0 saturated carbocycles. The first-order valence-electron chi connectivity index (χ1n) is 4.86. The van der Waals surface area contributed by atoms with Crippen molar-refractivity contribution >= 4 is 27.6 Å². The molecule has 0 radical (unpaired) electrons. The van der Waals surface area contributed by atoms with E-state index in [-0.39, 0.29) is 13.0 Å². The first-order valence-corrected chi connectivity index (χ1v) is 5.65. The molecule has 5 nitrogen and oxygen atoms in total. The van der Waals surface area contributed by atoms with Gasteiger partial charge >= 0.3 is 5.97 Å². The second kappa shape index (κ2) is 6.23. The number of hydrogen-bond acceptors (Lipinski definition) is 4. The van der Waals surface area contributed by atoms with Crippen LogP contribution in [-0.4, -0.2) is 28.8 Å². The summed E-state index contributed by atoms with van der Waals surface area (Å²) < 4.78 is 0.694. The molecule has 0 bridgehead atoms. The van der Waals surface area contributed by atoms with Crippen molar-refractivity contribution in [3.05, 3.63) is 28.2 Å². The van der Waals surface area contributed by atoms with Gasteiger partial charge in [0.15, 0.2) is 0 Å². The lowest BCUT2D eigenvalue weighted by molar-refractivity contribution is -0.138. The van der Waals surface area contributed by atoms with Gasteiger partial charge in [-0.05, 0) is 34.1 Å². The fourth-order valence-electron chi connectivity index (χ4n) is 1.23. The third kappa shape index (κ3) is 4.43. The summed E-state index contributed by atoms with van der Waals surface area (Å²) in [6, 6.07) is 6.97. The van der Waals surface area contributed by atoms with Crippen LogP contribution in [0.25, 0.3) is 0 Å². The molecule has 0 spiro atoms. The minimum absolute atomic E-state index is 0.136. The monoisotopic (exact) mass is 298 g/mol. The van der Waals surface area contributed by atoms with Gasteiger partial charge in [-0.2, -0.15) is 5.26 Å². The third-order valence-corrected chi connectivity index (χ3v) is 2.69. The number of carbonyl (C=O) groups is 1. The van der Waals surface area contributed by atoms with E-state index in [1.54, 1.807) is 18.2 Å². The van der Waals surface area contributed by atoms with Crippen LogP contribution in [0.15, 0.2) is 22.7 Å². The molecule has 1 aromatic rings. The number of carboxylic acid groups (broad SMARTS) is 1. The van der Waals surface area contributed by atoms with E-state index in [9.17, 15) is 9.90 Å². The zero-order valence-electron chi connectivity index (χ0n) is 8.85. The van der Waals surface area contributed by atoms with Gasteiger partial charge in [0.25, 0.3) is 0 Å². The van der Waals surface area contributed by atoms with Gasteiger partial charge in [-0.3, -0.25) is 4.79 Å². The molecule has 0 heterocycles. The number of nitrogens with zero attached hydrogens (tertiary/aromatic N) is 1. The maximum absolute atomic E-state index is 10.3. The number of benzene rings is 1. The van der Waals surface area contributed by atoms with E-state index in [1.807, 2.05) is 6.07 Å². The lowest BCUT2D eigenvalue weighted by atomic mass is 10.2. The Labute approximate surface area is 107 Å². The van der Waals surface area contributed by atoms with E-state index in [0.717, 1.165) is 0 Å². The Hall–Kier alpha value is -1.58. The van der Waals surface area contributed by atoms with Gasteiger partial charge in [0.05, 0.1) is 24.2 Å². The minimum atomic E-state index is -1.04. The van der Waals surface area contributed by atoms with E-state index in [4.69, 9.17) is 10.4 Å². The summed E-state index contributed by atoms with van der Waals surface area (Å²) in [7, 11) is 0. The normalized spacial score (nSPS) is 11.6. The number of hydrogen-bond donors (Lipinski definition) is 3. The lowest BCUT2D eigenvalue weighted by Gasteiger charge is -2.12. The molecule has 3 N–H and O–H groups in total. The van der Waals surface area contributed by atoms with Crippen LogP contribution in [0.2, 0.25) is 0 Å². The highest BCUT2D eigenvalue weighted by molar-refractivity contribution is 9.10. The Kier molecular flexibility index (Phi) is 4.94. The number of aliphatic carboxylic acids is 1. The van der Waals surface area contributed by atoms with Gasteiger partial charge in [-0.1, -0.05) is 0 Å². The molecule has 0 aliphatic carbocycles. The number of nitriles is 1. The quantitative estimate of drug-likeness (QED) is 0.767. The Morgan fingerprint density at radius 1 is 1.59 bits per heavy atom. The molecule has 1 rings (SSSR count). The molecule has 0 aliphatic rings. The molecule has 90 valence electrons. The van der Waals surface area contributed by atoms with Gasteiger partial charge < -0.3 is 15.5 Å². The standard InChI is InChI=1S/C11H11BrN2O3/c12-9-3-7(5-13)1-2-10(9)14-6-8(15)4-11(16)17/h1-3,8,14-15H,4,6H2,(H,16,17). The van der Waals surface area contributed by atoms with Crippen LogP contribution in [0.4, 0.5) is 5.69 Å². The highest BCUT2D eigenvalue weighted by Crippen LogP contribution is 2.23. The third-order valence-electron chi connectivity index (χ3n) is 2.04. The van der Waals surface area contributed by atoms with Crippen LogP contribution < -0.4 is 5.32 Å². The molecule has 0 aromatic heterocycles. The summed E-state index contributed by atoms with van der Waals surface area (Å²) in [5.74, 6) is -1.04. The maximum Gasteiger partial charge on any atom is 0.306 e. The summed E-state index contributed by atoms with van der Waals surface area (Å²) in [6.07, 6.45) is -1.25. The highest BCUT2D eigenvalue weighted by atomic mass is 79.9. The molecule has 1 unspecified atom stereocenters. The molecule has 0 amide bonds. The fourth-order valence-corrected chi connectivity index (χ4v) is 1.75. The van der Waals surface area contributed by atoms with E-state index in [2.05, 4.69) is 21.2 Å². The van der Waals surface area contributed by atoms with Gasteiger partial charge in [0, 0.05) is 16.7 Å². The molecule has 0 saturated heterocycles. The van der Waals surface area contributed by atoms with E-state index >= 15 is 0 Å². The van der Waals surface area contributed by atoms with E-state index < -0.39 is 12.1 Å². The van der Waals surface area contributed by atoms with E-state index in [1.165, 1.54) is 0 Å². The van der Waals surface area contributed by atoms with Crippen molar-refractivity contribution in [3.63, 3.8) is 0 Å². The second-order valence-electron chi connectivity index (χ2n) is 3.44. The predicted molar refractivity (Wildman–Crippen MR) is 65.6 cm³/mol. The highest BCUT2D eigenvalue weighted by Gasteiger charge is 2.09. The number of nitrogens with one attached hydrogen (secondary N) is 1. The van der Waals surface area contributed by atoms with E-state index in [0.29, 0.717) is 15.7 Å². The SMILES string of the molecule is N#Cc1ccc(NCC(O)CC(=O)O)c(Br)c1. The van der Waals surface area contributed by atoms with Crippen LogP contribution in [0.5, 0.6) is 0 Å². The number of halogens is 1. The average Bonchev–Trinajstić information content (AvgIpc) is 2.26. The topological polar surface area (TPSA) is 93.4 Å². The summed E-state index contributed by atoms with van der Waals surface area (Å²) in [5.41, 5.74) is 1.22. The number of carboxylic acids is 1. The molecule has 6 heteroatoms. The molecule has 17 heavy (non-hydrogen) atoms. The Bertz CT molecular complexity index is 457. The zero-order valence-corrected chi connectivity index (χ0v) is 10.4. The Balaban J connectivity index is 2.58. The van der Waals surface area contributed by atoms with Crippen molar-refractivity contribution in [1.29, 1.82) is 5.26 Å². The van der Waals surface area contributed by atoms with Crippen molar-refractivity contribution in [2.45, 2.75) is 12.5 Å². The molecular weight excluding hydrogens is 288 g/mol. The maximum atomic E-state index is 10.3. The number of aliphatic hydroxyl groups excluding tert-OH is 1. The molecule has 0 fully saturated rings. The van der Waals surface area contributed by atoms with Crippen molar-refractivity contribution in [1.82, 2.24) is 0 Å². The smallest absolute Gasteiger partial charge is 0.306 e. The van der Waals surface area contributed by atoms with Crippen LogP contribution in [0.3, 0.4) is 0 Å². The van der Waals surface area contributed by atoms with Crippen molar-refractivity contribution < 1.29 is 15.0 Å². The summed E-state index contributed by atoms with van der Waals surface area (Å²) >= 11 is 3.28. The lowest BCUT2D eigenvalue weighted by Crippen LogP contribution is -2.22. The van der Waals surface area contributed by atoms with Crippen LogP contribution >= 0.6 is 15.9 Å². The number of aliphatic hydroxyl groups is 1. The van der Waals surface area contributed by atoms with Gasteiger partial charge in [0.2, 0.25) is 0 Å². The second-order valence-corrected chi connectivity index (χ2v) is 4.29. The predicted octanol–water partition coefficient (Wildman–Crippen LogP) is 1.57. The summed E-state index contributed by atoms with van der Waals surface area (Å²) in [5, 5.41) is 29.4. The summed E-state index contributed by atoms with van der Waals surface area (Å²) in [6.45, 7) is 0.136. The van der Waals surface area contributed by atoms with Gasteiger partial charge in [0.1, 0.15) is 0 Å². The van der Waals surface area contributed by atoms with Gasteiger partial charge in [-0.15, -0.1) is 0 Å². The largest absolute Gasteiger partial charge is 0.481 e. The Morgan fingerprint density at radius 2 is 2.29 bits per heavy atom. The molecule has 1 atom stereocenters. The number of rotatable bonds is 5. The van der Waals surface area contributed by atoms with Crippen molar-refractivity contribution in [3.8, 4) is 6.07 Å². The van der Waals surface area contributed by atoms with Gasteiger partial charge in [-0.25, -0.2) is 0 Å². The first-order chi connectivity index (χ1) is 8.02. The summed E-state index contributed by atoms with van der Waals surface area (Å²) in [4.78, 5) is 10.3. The molecular formula is C11H11BrN2O3. The molecule has 1 aromatic carbocycles.